The SMILES string of the molecule is OC[C@H]1O[C@H](O[C@H]2[C@H](O)[C@@H](O)[C@H](OCCCCCCCCS)O[C@@H]2CO)[C@H](O)[C@@H](O)[C@@H]1O. The van der Waals surface area contributed by atoms with Gasteiger partial charge in [0.1, 0.15) is 48.8 Å². The number of ether oxygens (including phenoxy) is 4. The zero-order chi connectivity index (χ0) is 23.7. The average molecular weight is 487 g/mol. The maximum absolute atomic E-state index is 10.5. The number of aliphatic hydroxyl groups is 7. The van der Waals surface area contributed by atoms with Gasteiger partial charge in [-0.05, 0) is 18.6 Å². The molecule has 12 heteroatoms. The zero-order valence-corrected chi connectivity index (χ0v) is 18.9. The molecule has 0 bridgehead atoms. The summed E-state index contributed by atoms with van der Waals surface area (Å²) in [5.41, 5.74) is 0. The molecule has 2 rings (SSSR count). The second-order valence-electron chi connectivity index (χ2n) is 8.22. The van der Waals surface area contributed by atoms with Crippen molar-refractivity contribution in [3.8, 4) is 0 Å². The van der Waals surface area contributed by atoms with Gasteiger partial charge < -0.3 is 54.7 Å². The van der Waals surface area contributed by atoms with Crippen LogP contribution in [-0.2, 0) is 18.9 Å². The van der Waals surface area contributed by atoms with Gasteiger partial charge >= 0.3 is 0 Å². The molecule has 190 valence electrons. The molecule has 7 N–H and O–H groups in total. The van der Waals surface area contributed by atoms with E-state index in [1.807, 2.05) is 0 Å². The van der Waals surface area contributed by atoms with E-state index in [4.69, 9.17) is 18.9 Å². The van der Waals surface area contributed by atoms with Gasteiger partial charge in [0.2, 0.25) is 0 Å². The van der Waals surface area contributed by atoms with Crippen LogP contribution in [0.5, 0.6) is 0 Å². The van der Waals surface area contributed by atoms with E-state index in [-0.39, 0.29) is 0 Å². The van der Waals surface area contributed by atoms with E-state index >= 15 is 0 Å². The van der Waals surface area contributed by atoms with Gasteiger partial charge in [0, 0.05) is 6.61 Å². The van der Waals surface area contributed by atoms with Crippen molar-refractivity contribution in [1.29, 1.82) is 0 Å². The van der Waals surface area contributed by atoms with E-state index in [2.05, 4.69) is 12.6 Å². The highest BCUT2D eigenvalue weighted by Crippen LogP contribution is 2.29. The fourth-order valence-corrected chi connectivity index (χ4v) is 4.04. The van der Waals surface area contributed by atoms with Gasteiger partial charge in [0.05, 0.1) is 13.2 Å². The van der Waals surface area contributed by atoms with Gasteiger partial charge in [-0.3, -0.25) is 0 Å². The predicted octanol–water partition coefficient (Wildman–Crippen LogP) is -2.10. The topological polar surface area (TPSA) is 179 Å². The van der Waals surface area contributed by atoms with Crippen molar-refractivity contribution >= 4 is 12.6 Å². The first-order chi connectivity index (χ1) is 15.3. The molecule has 2 aliphatic heterocycles. The maximum Gasteiger partial charge on any atom is 0.187 e. The number of hydrogen-bond acceptors (Lipinski definition) is 12. The average Bonchev–Trinajstić information content (AvgIpc) is 2.79. The van der Waals surface area contributed by atoms with E-state index in [1.54, 1.807) is 0 Å². The summed E-state index contributed by atoms with van der Waals surface area (Å²) < 4.78 is 21.9. The van der Waals surface area contributed by atoms with Crippen molar-refractivity contribution in [3.05, 3.63) is 0 Å². The molecule has 0 aromatic heterocycles. The molecule has 0 aliphatic carbocycles. The third-order valence-electron chi connectivity index (χ3n) is 5.79. The van der Waals surface area contributed by atoms with Crippen molar-refractivity contribution in [3.63, 3.8) is 0 Å². The van der Waals surface area contributed by atoms with E-state index in [9.17, 15) is 35.7 Å². The van der Waals surface area contributed by atoms with Crippen LogP contribution in [0.15, 0.2) is 0 Å². The number of unbranched alkanes of at least 4 members (excludes halogenated alkanes) is 5. The summed E-state index contributed by atoms with van der Waals surface area (Å²) >= 11 is 4.18. The molecule has 2 aliphatic rings. The van der Waals surface area contributed by atoms with Gasteiger partial charge in [-0.1, -0.05) is 25.7 Å². The van der Waals surface area contributed by atoms with Crippen LogP contribution in [0, 0.1) is 0 Å². The molecular formula is C20H38O11S. The lowest BCUT2D eigenvalue weighted by Gasteiger charge is -2.45. The van der Waals surface area contributed by atoms with E-state index in [0.717, 1.165) is 44.3 Å². The summed E-state index contributed by atoms with van der Waals surface area (Å²) in [6, 6.07) is 0. The lowest BCUT2D eigenvalue weighted by Crippen LogP contribution is -2.64. The van der Waals surface area contributed by atoms with Gasteiger partial charge in [0.25, 0.3) is 0 Å². The second kappa shape index (κ2) is 14.3. The molecule has 0 amide bonds. The molecule has 11 nitrogen and oxygen atoms in total. The Bertz CT molecular complexity index is 512. The van der Waals surface area contributed by atoms with Gasteiger partial charge in [0.15, 0.2) is 12.6 Å². The van der Waals surface area contributed by atoms with Gasteiger partial charge in [-0.15, -0.1) is 0 Å². The molecule has 2 saturated heterocycles. The first-order valence-electron chi connectivity index (χ1n) is 11.2. The molecule has 0 unspecified atom stereocenters. The van der Waals surface area contributed by atoms with Crippen molar-refractivity contribution in [2.45, 2.75) is 99.9 Å². The van der Waals surface area contributed by atoms with Crippen LogP contribution in [0.25, 0.3) is 0 Å². The highest BCUT2D eigenvalue weighted by atomic mass is 32.1. The Morgan fingerprint density at radius 1 is 0.625 bits per heavy atom. The summed E-state index contributed by atoms with van der Waals surface area (Å²) in [4.78, 5) is 0. The molecule has 0 aromatic carbocycles. The molecule has 0 saturated carbocycles. The van der Waals surface area contributed by atoms with Crippen LogP contribution in [0.2, 0.25) is 0 Å². The summed E-state index contributed by atoms with van der Waals surface area (Å²) in [5.74, 6) is 0.884. The molecule has 0 radical (unpaired) electrons. The van der Waals surface area contributed by atoms with Crippen LogP contribution in [0.4, 0.5) is 0 Å². The molecule has 0 aromatic rings. The van der Waals surface area contributed by atoms with Gasteiger partial charge in [-0.2, -0.15) is 12.6 Å². The highest BCUT2D eigenvalue weighted by Gasteiger charge is 2.50. The largest absolute Gasteiger partial charge is 0.394 e. The highest BCUT2D eigenvalue weighted by molar-refractivity contribution is 7.80. The molecule has 32 heavy (non-hydrogen) atoms. The molecule has 2 heterocycles. The van der Waals surface area contributed by atoms with E-state index in [1.165, 1.54) is 0 Å². The third-order valence-corrected chi connectivity index (χ3v) is 6.11. The van der Waals surface area contributed by atoms with Crippen molar-refractivity contribution in [2.24, 2.45) is 0 Å². The van der Waals surface area contributed by atoms with E-state index in [0.29, 0.717) is 6.61 Å². The standard InChI is InChI=1S/C20H38O11S/c21-9-11-13(23)14(24)16(26)20(29-11)31-18-12(10-22)30-19(17(27)15(18)25)28-7-5-3-1-2-4-6-8-32/h11-27,32H,1-10H2/t11-,12-,13-,14+,15-,16-,17-,18-,19-,20-/m1/s1. The Hall–Kier alpha value is -0.0900. The Labute approximate surface area is 193 Å². The van der Waals surface area contributed by atoms with Crippen LogP contribution < -0.4 is 0 Å². The van der Waals surface area contributed by atoms with Crippen LogP contribution >= 0.6 is 12.6 Å². The normalized spacial score (nSPS) is 40.5. The summed E-state index contributed by atoms with van der Waals surface area (Å²) in [7, 11) is 0. The Morgan fingerprint density at radius 2 is 1.19 bits per heavy atom. The number of thiol groups is 1. The summed E-state index contributed by atoms with van der Waals surface area (Å²) in [5, 5.41) is 69.8. The Balaban J connectivity index is 1.86. The maximum atomic E-state index is 10.5. The fraction of sp³-hybridized carbons (Fsp3) is 1.00. The minimum atomic E-state index is -1.70. The second-order valence-corrected chi connectivity index (χ2v) is 8.67. The van der Waals surface area contributed by atoms with Gasteiger partial charge in [-0.25, -0.2) is 0 Å². The number of rotatable bonds is 13. The van der Waals surface area contributed by atoms with Crippen molar-refractivity contribution in [1.82, 2.24) is 0 Å². The van der Waals surface area contributed by atoms with E-state index < -0.39 is 74.6 Å². The molecular weight excluding hydrogens is 448 g/mol. The summed E-state index contributed by atoms with van der Waals surface area (Å²) in [6.07, 6.45) is -8.26. The Morgan fingerprint density at radius 3 is 1.81 bits per heavy atom. The van der Waals surface area contributed by atoms with Crippen LogP contribution in [-0.4, -0.2) is 123 Å². The predicted molar refractivity (Wildman–Crippen MR) is 114 cm³/mol. The number of aliphatic hydroxyl groups excluding tert-OH is 7. The van der Waals surface area contributed by atoms with Crippen molar-refractivity contribution in [2.75, 3.05) is 25.6 Å². The minimum Gasteiger partial charge on any atom is -0.394 e. The van der Waals surface area contributed by atoms with Crippen LogP contribution in [0.1, 0.15) is 38.5 Å². The molecule has 2 fully saturated rings. The Kier molecular flexibility index (Phi) is 12.6. The fourth-order valence-electron chi connectivity index (χ4n) is 3.81. The quantitative estimate of drug-likeness (QED) is 0.106. The van der Waals surface area contributed by atoms with Crippen molar-refractivity contribution < 1.29 is 54.7 Å². The van der Waals surface area contributed by atoms with Crippen LogP contribution in [0.3, 0.4) is 0 Å². The molecule has 0 spiro atoms. The molecule has 10 atom stereocenters. The number of hydrogen-bond donors (Lipinski definition) is 8. The summed E-state index contributed by atoms with van der Waals surface area (Å²) in [6.45, 7) is -0.931. The lowest BCUT2D eigenvalue weighted by atomic mass is 9.97. The smallest absolute Gasteiger partial charge is 0.187 e. The third kappa shape index (κ3) is 7.45. The lowest BCUT2D eigenvalue weighted by molar-refractivity contribution is -0.359. The first kappa shape index (κ1) is 28.1. The zero-order valence-electron chi connectivity index (χ0n) is 18.1. The monoisotopic (exact) mass is 486 g/mol. The minimum absolute atomic E-state index is 0.303. The first-order valence-corrected chi connectivity index (χ1v) is 11.8.